The van der Waals surface area contributed by atoms with Gasteiger partial charge in [-0.1, -0.05) is 17.7 Å². The van der Waals surface area contributed by atoms with Crippen LogP contribution in [0.15, 0.2) is 29.6 Å². The molecule has 2 N–H and O–H groups in total. The zero-order chi connectivity index (χ0) is 20.6. The lowest BCUT2D eigenvalue weighted by molar-refractivity contribution is -0.126. The Kier molecular flexibility index (Phi) is 9.11. The summed E-state index contributed by atoms with van der Waals surface area (Å²) in [7, 11) is 3.20. The molecule has 0 saturated carbocycles. The van der Waals surface area contributed by atoms with E-state index >= 15 is 0 Å². The Balaban J connectivity index is 3.00. The molecule has 1 aromatic carbocycles. The fourth-order valence-corrected chi connectivity index (χ4v) is 2.62. The molecule has 0 saturated heterocycles. The Bertz CT molecular complexity index is 694. The number of amides is 2. The van der Waals surface area contributed by atoms with Crippen LogP contribution in [0.3, 0.4) is 0 Å². The maximum absolute atomic E-state index is 12.6. The van der Waals surface area contributed by atoms with E-state index in [0.29, 0.717) is 41.5 Å². The molecule has 1 atom stereocenters. The molecule has 0 aromatic heterocycles. The van der Waals surface area contributed by atoms with Crippen LogP contribution in [0.25, 0.3) is 0 Å². The van der Waals surface area contributed by atoms with Gasteiger partial charge in [-0.25, -0.2) is 0 Å². The summed E-state index contributed by atoms with van der Waals surface area (Å²) < 4.78 is 5.88. The number of nitrogens with zero attached hydrogens (tertiary/aromatic N) is 2. The predicted octanol–water partition coefficient (Wildman–Crippen LogP) is 2.12. The molecule has 1 unspecified atom stereocenters. The number of benzene rings is 1. The SMILES string of the molecule is C/C(C(=O)N(C)CCCO)=C(\NC(C)Oc1cccc(Cl)c1C)N(C)C=O. The number of nitrogens with one attached hydrogen (secondary N) is 1. The fourth-order valence-electron chi connectivity index (χ4n) is 2.45. The first kappa shape index (κ1) is 22.8. The molecule has 1 rings (SSSR count). The van der Waals surface area contributed by atoms with Crippen molar-refractivity contribution in [3.63, 3.8) is 0 Å². The zero-order valence-corrected chi connectivity index (χ0v) is 17.2. The molecule has 27 heavy (non-hydrogen) atoms. The summed E-state index contributed by atoms with van der Waals surface area (Å²) in [5.74, 6) is 0.712. The van der Waals surface area contributed by atoms with E-state index in [0.717, 1.165) is 5.56 Å². The molecular formula is C19H28ClN3O4. The molecular weight excluding hydrogens is 370 g/mol. The van der Waals surface area contributed by atoms with Gasteiger partial charge in [0, 0.05) is 37.8 Å². The highest BCUT2D eigenvalue weighted by Crippen LogP contribution is 2.25. The third-order valence-electron chi connectivity index (χ3n) is 4.05. The van der Waals surface area contributed by atoms with Crippen LogP contribution in [0.1, 0.15) is 25.8 Å². The minimum absolute atomic E-state index is 0.00356. The number of rotatable bonds is 10. The number of hydrogen-bond donors (Lipinski definition) is 2. The molecule has 0 heterocycles. The summed E-state index contributed by atoms with van der Waals surface area (Å²) in [4.78, 5) is 26.7. The summed E-state index contributed by atoms with van der Waals surface area (Å²) in [6.07, 6.45) is 0.574. The van der Waals surface area contributed by atoms with Gasteiger partial charge in [0.2, 0.25) is 6.41 Å². The standard InChI is InChI=1S/C19H28ClN3O4/c1-13-16(20)8-6-9-17(13)27-15(3)21-18(23(5)12-25)14(2)19(26)22(4)10-7-11-24/h6,8-9,12,15,21,24H,7,10-11H2,1-5H3/b18-14-. The number of aliphatic hydroxyl groups excluding tert-OH is 1. The first-order valence-corrected chi connectivity index (χ1v) is 9.04. The van der Waals surface area contributed by atoms with Crippen LogP contribution in [-0.2, 0) is 9.59 Å². The van der Waals surface area contributed by atoms with Gasteiger partial charge in [0.25, 0.3) is 5.91 Å². The van der Waals surface area contributed by atoms with Crippen LogP contribution < -0.4 is 10.1 Å². The van der Waals surface area contributed by atoms with Gasteiger partial charge in [-0.15, -0.1) is 0 Å². The lowest BCUT2D eigenvalue weighted by Gasteiger charge is -2.27. The molecule has 8 heteroatoms. The van der Waals surface area contributed by atoms with Crippen LogP contribution in [0.4, 0.5) is 0 Å². The minimum atomic E-state index is -0.523. The fraction of sp³-hybridized carbons (Fsp3) is 0.474. The van der Waals surface area contributed by atoms with E-state index in [9.17, 15) is 9.59 Å². The molecule has 0 fully saturated rings. The van der Waals surface area contributed by atoms with Gasteiger partial charge in [0.05, 0.1) is 5.57 Å². The molecule has 0 bridgehead atoms. The lowest BCUT2D eigenvalue weighted by Crippen LogP contribution is -2.40. The largest absolute Gasteiger partial charge is 0.471 e. The summed E-state index contributed by atoms with van der Waals surface area (Å²) in [6, 6.07) is 5.36. The topological polar surface area (TPSA) is 82.1 Å². The molecule has 150 valence electrons. The maximum atomic E-state index is 12.6. The van der Waals surface area contributed by atoms with Gasteiger partial charge in [0.1, 0.15) is 11.6 Å². The summed E-state index contributed by atoms with van der Waals surface area (Å²) in [5, 5.41) is 12.6. The van der Waals surface area contributed by atoms with Crippen molar-refractivity contribution in [2.45, 2.75) is 33.4 Å². The van der Waals surface area contributed by atoms with E-state index in [2.05, 4.69) is 5.32 Å². The summed E-state index contributed by atoms with van der Waals surface area (Å²) >= 11 is 6.11. The molecule has 2 amide bonds. The first-order chi connectivity index (χ1) is 12.7. The molecule has 0 aliphatic heterocycles. The number of likely N-dealkylation sites (N-methyl/N-ethyl adjacent to an activating group) is 1. The number of carbonyl (C=O) groups excluding carboxylic acids is 2. The summed E-state index contributed by atoms with van der Waals surface area (Å²) in [5.41, 5.74) is 1.17. The van der Waals surface area contributed by atoms with Crippen molar-refractivity contribution in [3.8, 4) is 5.75 Å². The number of ether oxygens (including phenoxy) is 1. The van der Waals surface area contributed by atoms with Crippen molar-refractivity contribution in [2.24, 2.45) is 0 Å². The number of carbonyl (C=O) groups is 2. The Morgan fingerprint density at radius 3 is 2.67 bits per heavy atom. The van der Waals surface area contributed by atoms with E-state index in [1.807, 2.05) is 6.92 Å². The normalized spacial score (nSPS) is 12.7. The van der Waals surface area contributed by atoms with Gasteiger partial charge < -0.3 is 25.0 Å². The molecule has 0 radical (unpaired) electrons. The smallest absolute Gasteiger partial charge is 0.252 e. The van der Waals surface area contributed by atoms with Crippen molar-refractivity contribution >= 4 is 23.9 Å². The van der Waals surface area contributed by atoms with Crippen LogP contribution >= 0.6 is 11.6 Å². The predicted molar refractivity (Wildman–Crippen MR) is 105 cm³/mol. The highest BCUT2D eigenvalue weighted by atomic mass is 35.5. The Morgan fingerprint density at radius 1 is 1.41 bits per heavy atom. The summed E-state index contributed by atoms with van der Waals surface area (Å²) in [6.45, 7) is 5.68. The third kappa shape index (κ3) is 6.45. The molecule has 0 aliphatic rings. The Hall–Kier alpha value is -2.25. The van der Waals surface area contributed by atoms with E-state index in [-0.39, 0.29) is 12.5 Å². The average Bonchev–Trinajstić information content (AvgIpc) is 2.65. The quantitative estimate of drug-likeness (QED) is 0.359. The van der Waals surface area contributed by atoms with Gasteiger partial charge in [-0.3, -0.25) is 9.59 Å². The average molecular weight is 398 g/mol. The van der Waals surface area contributed by atoms with Crippen molar-refractivity contribution in [2.75, 3.05) is 27.2 Å². The molecule has 7 nitrogen and oxygen atoms in total. The zero-order valence-electron chi connectivity index (χ0n) is 16.5. The van der Waals surface area contributed by atoms with E-state index in [4.69, 9.17) is 21.4 Å². The van der Waals surface area contributed by atoms with Crippen molar-refractivity contribution in [3.05, 3.63) is 40.2 Å². The van der Waals surface area contributed by atoms with Crippen molar-refractivity contribution in [1.29, 1.82) is 0 Å². The second-order valence-electron chi connectivity index (χ2n) is 6.26. The van der Waals surface area contributed by atoms with Crippen molar-refractivity contribution < 1.29 is 19.4 Å². The van der Waals surface area contributed by atoms with Crippen LogP contribution in [0, 0.1) is 6.92 Å². The van der Waals surface area contributed by atoms with E-state index < -0.39 is 6.23 Å². The van der Waals surface area contributed by atoms with Crippen molar-refractivity contribution in [1.82, 2.24) is 15.1 Å². The van der Waals surface area contributed by atoms with Gasteiger partial charge in [-0.05, 0) is 39.3 Å². The third-order valence-corrected chi connectivity index (χ3v) is 4.46. The Labute approximate surface area is 165 Å². The highest BCUT2D eigenvalue weighted by Gasteiger charge is 2.20. The highest BCUT2D eigenvalue weighted by molar-refractivity contribution is 6.31. The van der Waals surface area contributed by atoms with Gasteiger partial charge in [0.15, 0.2) is 6.23 Å². The molecule has 0 spiro atoms. The number of halogens is 1. The lowest BCUT2D eigenvalue weighted by atomic mass is 10.2. The monoisotopic (exact) mass is 397 g/mol. The van der Waals surface area contributed by atoms with Gasteiger partial charge >= 0.3 is 0 Å². The van der Waals surface area contributed by atoms with E-state index in [1.165, 1.54) is 9.80 Å². The van der Waals surface area contributed by atoms with Gasteiger partial charge in [-0.2, -0.15) is 0 Å². The van der Waals surface area contributed by atoms with Crippen LogP contribution in [0.2, 0.25) is 5.02 Å². The molecule has 1 aromatic rings. The minimum Gasteiger partial charge on any atom is -0.471 e. The first-order valence-electron chi connectivity index (χ1n) is 8.66. The number of aliphatic hydroxyl groups is 1. The Morgan fingerprint density at radius 2 is 2.07 bits per heavy atom. The maximum Gasteiger partial charge on any atom is 0.252 e. The molecule has 0 aliphatic carbocycles. The number of hydrogen-bond acceptors (Lipinski definition) is 5. The van der Waals surface area contributed by atoms with E-state index in [1.54, 1.807) is 46.1 Å². The van der Waals surface area contributed by atoms with Crippen LogP contribution in [0.5, 0.6) is 5.75 Å². The second-order valence-corrected chi connectivity index (χ2v) is 6.67. The van der Waals surface area contributed by atoms with Crippen LogP contribution in [-0.4, -0.2) is 60.7 Å². The second kappa shape index (κ2) is 10.8.